The molecular formula is C100H76N4OSi2. The summed E-state index contributed by atoms with van der Waals surface area (Å²) in [5.41, 5.74) is -8.54. The fourth-order valence-electron chi connectivity index (χ4n) is 13.4. The number of nitrogens with zero attached hydrogens (tertiary/aromatic N) is 4. The van der Waals surface area contributed by atoms with Crippen molar-refractivity contribution < 1.29 is 73.7 Å². The molecule has 0 bridgehead atoms. The van der Waals surface area contributed by atoms with Crippen molar-refractivity contribution in [1.29, 1.82) is 0 Å². The molecule has 18 rings (SSSR count). The smallest absolute Gasteiger partial charge is 0.269 e. The zero-order valence-electron chi connectivity index (χ0n) is 103. The van der Waals surface area contributed by atoms with Crippen LogP contribution in [0.3, 0.4) is 0 Å². The second-order valence-electron chi connectivity index (χ2n) is 25.2. The lowest BCUT2D eigenvalue weighted by molar-refractivity contribution is -0.571. The molecule has 0 spiro atoms. The predicted molar refractivity (Wildman–Crippen MR) is 450 cm³/mol. The van der Waals surface area contributed by atoms with Gasteiger partial charge in [0.05, 0.1) is 97.9 Å². The molecular weight excluding hydrogens is 1330 g/mol. The molecule has 0 aliphatic rings. The lowest BCUT2D eigenvalue weighted by atomic mass is 9.88. The van der Waals surface area contributed by atoms with Crippen LogP contribution >= 0.6 is 0 Å². The van der Waals surface area contributed by atoms with E-state index in [4.69, 9.17) is 26.2 Å². The van der Waals surface area contributed by atoms with Crippen LogP contribution in [0.25, 0.3) is 94.5 Å². The number of hydrogen-bond acceptors (Lipinski definition) is 2. The first-order valence-electron chi connectivity index (χ1n) is 56.5. The summed E-state index contributed by atoms with van der Waals surface area (Å²) in [4.78, 5) is 4.84. The molecule has 7 heteroatoms. The lowest BCUT2D eigenvalue weighted by Crippen LogP contribution is -2.74. The summed E-state index contributed by atoms with van der Waals surface area (Å²) >= 11 is 0. The molecule has 0 saturated carbocycles. The number of rotatable bonds is 17. The summed E-state index contributed by atoms with van der Waals surface area (Å²) in [6, 6.07) is -31.3. The van der Waals surface area contributed by atoms with E-state index in [1.807, 2.05) is 61.7 Å². The number of imidazole rings is 1. The summed E-state index contributed by atoms with van der Waals surface area (Å²) in [6.45, 7) is 6.07. The largest absolute Gasteiger partial charge is 0.458 e. The fraction of sp³-hybridized carbons (Fsp3) is 0.0400. The Hall–Kier alpha value is -13.0. The predicted octanol–water partition coefficient (Wildman–Crippen LogP) is 18.7. The maximum Gasteiger partial charge on any atom is 0.269 e. The number of pyridine rings is 1. The molecule has 0 unspecified atom stereocenters. The van der Waals surface area contributed by atoms with Crippen LogP contribution in [0.15, 0.2) is 405 Å². The first kappa shape index (κ1) is 32.5. The number of para-hydroxylation sites is 2. The highest BCUT2D eigenvalue weighted by atomic mass is 28.3. The number of ether oxygens (including phenoxy) is 1. The molecule has 107 heavy (non-hydrogen) atoms. The maximum absolute atomic E-state index is 11.5. The van der Waals surface area contributed by atoms with Crippen LogP contribution in [-0.4, -0.2) is 30.3 Å². The minimum atomic E-state index is -6.92. The second kappa shape index (κ2) is 27.9. The highest BCUT2D eigenvalue weighted by Gasteiger charge is 2.43. The Labute approximate surface area is 693 Å². The van der Waals surface area contributed by atoms with Gasteiger partial charge in [-0.1, -0.05) is 347 Å². The van der Waals surface area contributed by atoms with Crippen molar-refractivity contribution in [3.05, 3.63) is 417 Å². The van der Waals surface area contributed by atoms with Crippen molar-refractivity contribution in [3.8, 4) is 73.2 Å². The fourth-order valence-corrected chi connectivity index (χ4v) is 20.8. The normalized spacial score (nSPS) is 18.0. The SMILES string of the molecule is [2H]c1c([2H])c([2H])c(-c2c([2H])c(-c3cccc(-c4c([2H])c([2H])c([2H])c([Si](c5c([2H])c([2H])c([2H])c([2H])c5[2H])(c5c([2H])c([2H])c([2H])c([2H])c5[2H])c5c([2H])c([2H])c([2H])c([2H])c5[2H])c4[2H])c3-[n+]3[c-]n(-c4cccc(Oc5ccc6c7ccccc7n(-c7cc(C(C)(C)C)ccn7)c6c5)c4)c4cc([Si](c5c([2H])c([2H])c([2H])c([2H])c5[2H])(c5c([2H])c([2H])c([2H])c([2H])c5[2H])c5c([2H])c([2H])c([2H])c([2H])c5[2H])ccc43)c([2H])c(-c3c([2H])c([2H])c([2H])c([2H])c3[2H])c2[2H])c([2H])c1[2H]. The van der Waals surface area contributed by atoms with Crippen molar-refractivity contribution in [2.75, 3.05) is 0 Å². The minimum Gasteiger partial charge on any atom is -0.458 e. The van der Waals surface area contributed by atoms with Gasteiger partial charge in [-0.2, -0.15) is 0 Å². The molecule has 18 aromatic rings. The van der Waals surface area contributed by atoms with Gasteiger partial charge in [0.15, 0.2) is 16.1 Å². The van der Waals surface area contributed by atoms with E-state index in [1.54, 1.807) is 24.4 Å². The molecule has 0 amide bonds. The maximum atomic E-state index is 11.5. The van der Waals surface area contributed by atoms with Crippen LogP contribution in [0.4, 0.5) is 0 Å². The molecule has 510 valence electrons. The molecule has 5 nitrogen and oxygen atoms in total. The third kappa shape index (κ3) is 11.9. The van der Waals surface area contributed by atoms with E-state index in [9.17, 15) is 48.0 Å². The number of benzene rings is 15. The molecule has 0 N–H and O–H groups in total. The van der Waals surface area contributed by atoms with Gasteiger partial charge >= 0.3 is 0 Å². The van der Waals surface area contributed by atoms with E-state index in [1.165, 1.54) is 24.3 Å². The number of hydrogen-bond donors (Lipinski definition) is 0. The monoisotopic (exact) mass is 1450 g/mol. The van der Waals surface area contributed by atoms with Crippen molar-refractivity contribution >= 4 is 90.5 Å². The van der Waals surface area contributed by atoms with E-state index < -0.39 is 403 Å². The minimum absolute atomic E-state index is 0.102. The molecule has 0 atom stereocenters. The average molecular weight is 1450 g/mol. The van der Waals surface area contributed by atoms with Gasteiger partial charge in [0.25, 0.3) is 6.33 Å². The summed E-state index contributed by atoms with van der Waals surface area (Å²) in [6.07, 6.45) is 4.89. The standard InChI is InChI=1S/C100H76N4OSi2/c1-100(2,3)78-61-62-101-98(67-78)104-94-56-29-28-53-92(94)93-59-57-81(69-96(93)104)105-80-39-31-38-79(68-80)102-71-103(95-60-58-89(70-97(95)102)107(85-46-22-9-23-47-85,86-48-24-10-25-49-86)87-50-26-11-27-51-87)99-90(54-32-55-91(99)77-64-75(72-33-12-4-13-34-72)63-76(65-77)73-35-14-5-15-36-73)74-37-30-52-88(66-74)106(82-40-16-6-17-41-82,83-42-18-7-19-43-83)84-44-20-8-21-45-84/h4-70H,1-3H3/i4D,5D,6D,7D,8D,9D,10D,11D,12D,13D,14D,15D,16D,17D,18D,19D,20D,21D,22D,23D,24D,25D,26D,27D,30D,33D,34D,35D,36D,37D,40D,41D,42D,43D,44D,45D,46D,47D,48D,49D,50D,51D,52D,63D,64D,65D,66D. The van der Waals surface area contributed by atoms with Gasteiger partial charge in [-0.15, -0.1) is 0 Å². The molecule has 0 radical (unpaired) electrons. The van der Waals surface area contributed by atoms with Crippen molar-refractivity contribution in [1.82, 2.24) is 14.1 Å². The topological polar surface area (TPSA) is 35.9 Å². The van der Waals surface area contributed by atoms with E-state index in [0.29, 0.717) is 22.2 Å². The van der Waals surface area contributed by atoms with Crippen molar-refractivity contribution in [2.45, 2.75) is 26.2 Å². The first-order valence-corrected chi connectivity index (χ1v) is 37.0. The Balaban J connectivity index is 1.10. The van der Waals surface area contributed by atoms with Gasteiger partial charge in [0, 0.05) is 23.0 Å². The van der Waals surface area contributed by atoms with Crippen LogP contribution in [0, 0.1) is 6.33 Å². The van der Waals surface area contributed by atoms with E-state index in [0.717, 1.165) is 56.5 Å². The third-order valence-electron chi connectivity index (χ3n) is 18.2. The van der Waals surface area contributed by atoms with E-state index >= 15 is 0 Å². The zero-order chi connectivity index (χ0) is 113. The van der Waals surface area contributed by atoms with E-state index in [-0.39, 0.29) is 22.6 Å². The van der Waals surface area contributed by atoms with Gasteiger partial charge in [0.1, 0.15) is 17.3 Å². The third-order valence-corrected chi connectivity index (χ3v) is 26.4. The van der Waals surface area contributed by atoms with Crippen LogP contribution in [0.1, 0.15) is 90.8 Å². The van der Waals surface area contributed by atoms with Crippen molar-refractivity contribution in [3.63, 3.8) is 0 Å². The van der Waals surface area contributed by atoms with Crippen LogP contribution < -0.4 is 50.8 Å². The highest BCUT2D eigenvalue weighted by molar-refractivity contribution is 7.20. The Bertz CT molecular complexity index is 8640. The quantitative estimate of drug-likeness (QED) is 0.0394. The Morgan fingerprint density at radius 2 is 0.832 bits per heavy atom. The molecule has 3 aromatic heterocycles. The summed E-state index contributed by atoms with van der Waals surface area (Å²) in [7, 11) is -13.3. The van der Waals surface area contributed by atoms with Gasteiger partial charge in [-0.3, -0.25) is 13.7 Å². The van der Waals surface area contributed by atoms with Gasteiger partial charge < -0.3 is 4.74 Å². The Morgan fingerprint density at radius 1 is 0.364 bits per heavy atom. The number of fused-ring (bicyclic) bond motifs is 4. The zero-order valence-corrected chi connectivity index (χ0v) is 58.2. The van der Waals surface area contributed by atoms with Gasteiger partial charge in [0.2, 0.25) is 0 Å². The second-order valence-corrected chi connectivity index (χ2v) is 32.3. The highest BCUT2D eigenvalue weighted by Crippen LogP contribution is 2.41. The van der Waals surface area contributed by atoms with E-state index in [2.05, 4.69) is 6.33 Å². The molecule has 3 heterocycles. The average Bonchev–Trinajstić information content (AvgIpc) is 0.976. The van der Waals surface area contributed by atoms with Crippen LogP contribution in [0.2, 0.25) is 0 Å². The van der Waals surface area contributed by atoms with Gasteiger partial charge in [-0.05, 0) is 164 Å². The molecule has 0 aliphatic carbocycles. The summed E-state index contributed by atoms with van der Waals surface area (Å²) < 4.78 is 468. The van der Waals surface area contributed by atoms with Gasteiger partial charge in [-0.25, -0.2) is 4.98 Å². The summed E-state index contributed by atoms with van der Waals surface area (Å²) in [5, 5.41) is -7.59. The molecule has 0 aliphatic heterocycles. The van der Waals surface area contributed by atoms with Crippen molar-refractivity contribution in [2.24, 2.45) is 0 Å². The molecule has 15 aromatic carbocycles. The molecule has 0 saturated heterocycles. The van der Waals surface area contributed by atoms with Crippen LogP contribution in [0.5, 0.6) is 11.5 Å². The Morgan fingerprint density at radius 3 is 1.38 bits per heavy atom. The lowest BCUT2D eigenvalue weighted by Gasteiger charge is -2.34. The Kier molecular flexibility index (Phi) is 8.47. The number of aromatic nitrogens is 4. The van der Waals surface area contributed by atoms with Crippen LogP contribution in [-0.2, 0) is 5.41 Å². The summed E-state index contributed by atoms with van der Waals surface area (Å²) in [5.74, 6) is 0.511. The molecule has 0 fully saturated rings. The first-order chi connectivity index (χ1) is 72.2.